The number of anilines is 1. The molecule has 1 fully saturated rings. The van der Waals surface area contributed by atoms with E-state index in [0.29, 0.717) is 18.0 Å². The fourth-order valence-corrected chi connectivity index (χ4v) is 4.22. The number of hydrogen-bond donors (Lipinski definition) is 1. The average Bonchev–Trinajstić information content (AvgIpc) is 3.53. The maximum absolute atomic E-state index is 15.0. The van der Waals surface area contributed by atoms with Crippen LogP contribution in [0.2, 0.25) is 0 Å². The van der Waals surface area contributed by atoms with Crippen molar-refractivity contribution in [2.75, 3.05) is 11.5 Å². The molecular formula is C26H27FN2O4. The number of carbonyl (C=O) groups is 2. The van der Waals surface area contributed by atoms with Gasteiger partial charge in [-0.3, -0.25) is 14.5 Å². The second-order valence-corrected chi connectivity index (χ2v) is 7.99. The zero-order chi connectivity index (χ0) is 23.2. The van der Waals surface area contributed by atoms with E-state index in [4.69, 9.17) is 9.15 Å². The van der Waals surface area contributed by atoms with Crippen LogP contribution >= 0.6 is 0 Å². The summed E-state index contributed by atoms with van der Waals surface area (Å²) in [6, 6.07) is 14.7. The molecule has 0 radical (unpaired) electrons. The average molecular weight is 451 g/mol. The van der Waals surface area contributed by atoms with E-state index < -0.39 is 23.7 Å². The highest BCUT2D eigenvalue weighted by atomic mass is 19.1. The number of furan rings is 1. The molecule has 0 unspecified atom stereocenters. The lowest BCUT2D eigenvalue weighted by atomic mass is 10.0. The molecule has 2 aromatic carbocycles. The predicted molar refractivity (Wildman–Crippen MR) is 123 cm³/mol. The van der Waals surface area contributed by atoms with Crippen molar-refractivity contribution in [3.8, 4) is 5.75 Å². The lowest BCUT2D eigenvalue weighted by Gasteiger charge is -2.32. The minimum atomic E-state index is -1.22. The van der Waals surface area contributed by atoms with Gasteiger partial charge in [-0.2, -0.15) is 0 Å². The number of nitrogens with zero attached hydrogens (tertiary/aromatic N) is 1. The van der Waals surface area contributed by atoms with Crippen LogP contribution in [0.4, 0.5) is 10.1 Å². The Morgan fingerprint density at radius 1 is 1.09 bits per heavy atom. The number of nitrogens with one attached hydrogen (secondary N) is 1. The third kappa shape index (κ3) is 5.08. The first-order chi connectivity index (χ1) is 16.1. The second kappa shape index (κ2) is 10.3. The smallest absolute Gasteiger partial charge is 0.294 e. The first kappa shape index (κ1) is 22.6. The van der Waals surface area contributed by atoms with Gasteiger partial charge >= 0.3 is 0 Å². The van der Waals surface area contributed by atoms with Crippen LogP contribution in [0.5, 0.6) is 5.75 Å². The lowest BCUT2D eigenvalue weighted by molar-refractivity contribution is -0.123. The van der Waals surface area contributed by atoms with Crippen molar-refractivity contribution >= 4 is 17.5 Å². The van der Waals surface area contributed by atoms with E-state index in [9.17, 15) is 14.0 Å². The van der Waals surface area contributed by atoms with Crippen LogP contribution in [0.15, 0.2) is 71.3 Å². The fourth-order valence-electron chi connectivity index (χ4n) is 4.22. The number of ether oxygens (including phenoxy) is 1. The Balaban J connectivity index is 1.80. The lowest BCUT2D eigenvalue weighted by Crippen LogP contribution is -2.46. The quantitative estimate of drug-likeness (QED) is 0.508. The van der Waals surface area contributed by atoms with E-state index in [0.717, 1.165) is 25.7 Å². The molecule has 1 saturated carbocycles. The molecule has 1 aliphatic rings. The monoisotopic (exact) mass is 450 g/mol. The van der Waals surface area contributed by atoms with Gasteiger partial charge in [0.1, 0.15) is 17.6 Å². The Hall–Kier alpha value is -3.61. The Labute approximate surface area is 192 Å². The van der Waals surface area contributed by atoms with Crippen molar-refractivity contribution in [3.05, 3.63) is 84.1 Å². The van der Waals surface area contributed by atoms with Crippen molar-refractivity contribution in [2.45, 2.75) is 44.7 Å². The van der Waals surface area contributed by atoms with Crippen molar-refractivity contribution in [3.63, 3.8) is 0 Å². The maximum Gasteiger partial charge on any atom is 0.294 e. The van der Waals surface area contributed by atoms with Crippen LogP contribution in [0.25, 0.3) is 0 Å². The molecule has 0 aliphatic heterocycles. The molecule has 6 nitrogen and oxygen atoms in total. The van der Waals surface area contributed by atoms with Gasteiger partial charge in [-0.05, 0) is 62.2 Å². The third-order valence-electron chi connectivity index (χ3n) is 5.78. The number of halogens is 1. The molecular weight excluding hydrogens is 423 g/mol. The summed E-state index contributed by atoms with van der Waals surface area (Å²) in [5, 5.41) is 3.03. The summed E-state index contributed by atoms with van der Waals surface area (Å²) in [6.45, 7) is 2.37. The van der Waals surface area contributed by atoms with Gasteiger partial charge in [0.25, 0.3) is 5.91 Å². The van der Waals surface area contributed by atoms with E-state index in [1.807, 2.05) is 6.92 Å². The fraction of sp³-hybridized carbons (Fsp3) is 0.308. The van der Waals surface area contributed by atoms with E-state index in [2.05, 4.69) is 5.32 Å². The summed E-state index contributed by atoms with van der Waals surface area (Å²) in [5.41, 5.74) is 0.538. The Morgan fingerprint density at radius 3 is 2.45 bits per heavy atom. The van der Waals surface area contributed by atoms with Gasteiger partial charge in [-0.1, -0.05) is 31.0 Å². The zero-order valence-electron chi connectivity index (χ0n) is 18.5. The van der Waals surface area contributed by atoms with Gasteiger partial charge in [0.2, 0.25) is 5.91 Å². The topological polar surface area (TPSA) is 71.8 Å². The maximum atomic E-state index is 15.0. The van der Waals surface area contributed by atoms with Crippen LogP contribution < -0.4 is 15.0 Å². The molecule has 1 N–H and O–H groups in total. The number of benzene rings is 2. The molecule has 1 aliphatic carbocycles. The first-order valence-corrected chi connectivity index (χ1v) is 11.2. The number of rotatable bonds is 8. The third-order valence-corrected chi connectivity index (χ3v) is 5.78. The predicted octanol–water partition coefficient (Wildman–Crippen LogP) is 5.26. The minimum absolute atomic E-state index is 0.00710. The van der Waals surface area contributed by atoms with E-state index in [1.54, 1.807) is 42.5 Å². The highest BCUT2D eigenvalue weighted by Gasteiger charge is 2.37. The second-order valence-electron chi connectivity index (χ2n) is 7.99. The Bertz CT molecular complexity index is 1080. The Morgan fingerprint density at radius 2 is 1.82 bits per heavy atom. The van der Waals surface area contributed by atoms with Crippen LogP contribution in [0.3, 0.4) is 0 Å². The van der Waals surface area contributed by atoms with E-state index >= 15 is 0 Å². The molecule has 4 rings (SSSR count). The molecule has 2 amide bonds. The normalized spacial score (nSPS) is 14.6. The molecule has 3 aromatic rings. The standard InChI is InChI=1S/C26H27FN2O4/c1-2-32-20-15-13-19(14-16-20)29(26(31)23-12-7-17-33-23)24(21-10-5-6-11-22(21)27)25(30)28-18-8-3-4-9-18/h5-7,10-18,24H,2-4,8-9H2,1H3,(H,28,30)/t24-/m1/s1. The van der Waals surface area contributed by atoms with Crippen molar-refractivity contribution in [1.82, 2.24) is 5.32 Å². The van der Waals surface area contributed by atoms with Crippen molar-refractivity contribution in [2.24, 2.45) is 0 Å². The largest absolute Gasteiger partial charge is 0.494 e. The summed E-state index contributed by atoms with van der Waals surface area (Å²) in [7, 11) is 0. The summed E-state index contributed by atoms with van der Waals surface area (Å²) in [5.74, 6) is -0.851. The van der Waals surface area contributed by atoms with E-state index in [1.165, 1.54) is 29.4 Å². The van der Waals surface area contributed by atoms with Crippen LogP contribution in [0.1, 0.15) is 54.8 Å². The van der Waals surface area contributed by atoms with Gasteiger partial charge in [0.05, 0.1) is 12.9 Å². The summed E-state index contributed by atoms with van der Waals surface area (Å²) in [6.07, 6.45) is 5.18. The molecule has 1 atom stereocenters. The number of hydrogen-bond acceptors (Lipinski definition) is 4. The van der Waals surface area contributed by atoms with Gasteiger partial charge in [-0.25, -0.2) is 4.39 Å². The van der Waals surface area contributed by atoms with E-state index in [-0.39, 0.29) is 17.4 Å². The summed E-state index contributed by atoms with van der Waals surface area (Å²) < 4.78 is 25.9. The first-order valence-electron chi connectivity index (χ1n) is 11.2. The summed E-state index contributed by atoms with van der Waals surface area (Å²) in [4.78, 5) is 28.5. The van der Waals surface area contributed by atoms with Crippen LogP contribution in [-0.2, 0) is 4.79 Å². The van der Waals surface area contributed by atoms with Crippen LogP contribution in [0, 0.1) is 5.82 Å². The molecule has 172 valence electrons. The summed E-state index contributed by atoms with van der Waals surface area (Å²) >= 11 is 0. The van der Waals surface area contributed by atoms with Gasteiger partial charge in [0.15, 0.2) is 5.76 Å². The van der Waals surface area contributed by atoms with Gasteiger partial charge < -0.3 is 14.5 Å². The molecule has 33 heavy (non-hydrogen) atoms. The van der Waals surface area contributed by atoms with Crippen LogP contribution in [-0.4, -0.2) is 24.5 Å². The van der Waals surface area contributed by atoms with Crippen molar-refractivity contribution in [1.29, 1.82) is 0 Å². The zero-order valence-corrected chi connectivity index (χ0v) is 18.5. The minimum Gasteiger partial charge on any atom is -0.494 e. The molecule has 1 aromatic heterocycles. The highest BCUT2D eigenvalue weighted by Crippen LogP contribution is 2.33. The molecule has 7 heteroatoms. The van der Waals surface area contributed by atoms with Gasteiger partial charge in [0, 0.05) is 17.3 Å². The highest BCUT2D eigenvalue weighted by molar-refractivity contribution is 6.08. The molecule has 0 spiro atoms. The molecule has 1 heterocycles. The SMILES string of the molecule is CCOc1ccc(N(C(=O)c2ccco2)[C@@H](C(=O)NC2CCCC2)c2ccccc2F)cc1. The molecule has 0 bridgehead atoms. The number of amides is 2. The Kier molecular flexibility index (Phi) is 7.07. The van der Waals surface area contributed by atoms with Gasteiger partial charge in [-0.15, -0.1) is 0 Å². The molecule has 0 saturated heterocycles. The number of carbonyl (C=O) groups excluding carboxylic acids is 2. The van der Waals surface area contributed by atoms with Crippen molar-refractivity contribution < 1.29 is 23.1 Å².